The van der Waals surface area contributed by atoms with Gasteiger partial charge in [-0.3, -0.25) is 0 Å². The highest BCUT2D eigenvalue weighted by molar-refractivity contribution is 14.1. The van der Waals surface area contributed by atoms with Gasteiger partial charge in [-0.05, 0) is 12.3 Å². The molecule has 0 saturated carbocycles. The van der Waals surface area contributed by atoms with E-state index in [1.807, 2.05) is 0 Å². The normalized spacial score (nSPS) is 17.1. The van der Waals surface area contributed by atoms with Crippen molar-refractivity contribution in [1.82, 2.24) is 0 Å². The van der Waals surface area contributed by atoms with Crippen LogP contribution in [0.1, 0.15) is 19.8 Å². The Bertz CT molecular complexity index is 602. The summed E-state index contributed by atoms with van der Waals surface area (Å²) in [7, 11) is 0. The summed E-state index contributed by atoms with van der Waals surface area (Å²) in [5, 5.41) is 0. The summed E-state index contributed by atoms with van der Waals surface area (Å²) < 4.78 is 222. The van der Waals surface area contributed by atoms with Crippen LogP contribution in [0.4, 0.5) is 74.6 Å². The van der Waals surface area contributed by atoms with Crippen LogP contribution in [-0.4, -0.2) is 52.1 Å². The smallest absolute Gasteiger partial charge is 0.216 e. The molecule has 0 bridgehead atoms. The Labute approximate surface area is 175 Å². The molecule has 188 valence electrons. The predicted molar refractivity (Wildman–Crippen MR) is 78.0 cm³/mol. The van der Waals surface area contributed by atoms with Gasteiger partial charge in [-0.1, -0.05) is 29.5 Å². The minimum Gasteiger partial charge on any atom is -0.216 e. The maximum atomic E-state index is 13.5. The molecule has 0 aliphatic rings. The molecule has 0 rings (SSSR count). The SMILES string of the molecule is CC(CI)CCC(F)(F)C(F)(F)C(F)(F)C(F)(F)C(F)(F)C(F)(C(F)(F)F)C(F)(F)F. The lowest BCUT2D eigenvalue weighted by atomic mass is 9.83. The van der Waals surface area contributed by atoms with E-state index in [0.717, 1.165) is 6.92 Å². The molecule has 0 amide bonds. The van der Waals surface area contributed by atoms with Gasteiger partial charge in [0.05, 0.1) is 0 Å². The van der Waals surface area contributed by atoms with Crippen molar-refractivity contribution in [2.75, 3.05) is 4.43 Å². The van der Waals surface area contributed by atoms with Gasteiger partial charge >= 0.3 is 47.6 Å². The predicted octanol–water partition coefficient (Wildman–Crippen LogP) is 7.85. The molecule has 0 N–H and O–H groups in total. The Hall–Kier alpha value is -0.460. The lowest BCUT2D eigenvalue weighted by Crippen LogP contribution is -2.76. The Morgan fingerprint density at radius 3 is 1.16 bits per heavy atom. The molecule has 0 radical (unpaired) electrons. The van der Waals surface area contributed by atoms with Crippen molar-refractivity contribution in [3.63, 3.8) is 0 Å². The van der Waals surface area contributed by atoms with Crippen molar-refractivity contribution in [1.29, 1.82) is 0 Å². The van der Waals surface area contributed by atoms with Gasteiger partial charge in [0.25, 0.3) is 0 Å². The first-order valence-corrected chi connectivity index (χ1v) is 9.00. The second-order valence-corrected chi connectivity index (χ2v) is 7.33. The van der Waals surface area contributed by atoms with Crippen LogP contribution in [0.15, 0.2) is 0 Å². The standard InChI is InChI=1S/C13H10F17I/c1-5(4-31)2-3-6(14,15)8(17,18)10(21,22)11(23,24)9(19,20)7(16,12(25,26)27)13(28,29)30/h5H,2-4H2,1H3. The van der Waals surface area contributed by atoms with Crippen LogP contribution in [0.2, 0.25) is 0 Å². The molecule has 0 aromatic carbocycles. The van der Waals surface area contributed by atoms with E-state index in [2.05, 4.69) is 0 Å². The van der Waals surface area contributed by atoms with E-state index in [1.165, 1.54) is 22.6 Å². The second-order valence-electron chi connectivity index (χ2n) is 6.45. The van der Waals surface area contributed by atoms with Crippen molar-refractivity contribution in [3.05, 3.63) is 0 Å². The van der Waals surface area contributed by atoms with E-state index < -0.39 is 66.4 Å². The highest BCUT2D eigenvalue weighted by atomic mass is 127. The van der Waals surface area contributed by atoms with Crippen molar-refractivity contribution in [3.8, 4) is 0 Å². The number of hydrogen-bond donors (Lipinski definition) is 0. The molecule has 0 aliphatic carbocycles. The van der Waals surface area contributed by atoms with Gasteiger partial charge in [0.15, 0.2) is 0 Å². The van der Waals surface area contributed by atoms with Gasteiger partial charge in [-0.25, -0.2) is 4.39 Å². The van der Waals surface area contributed by atoms with Gasteiger partial charge in [-0.2, -0.15) is 70.2 Å². The van der Waals surface area contributed by atoms with Gasteiger partial charge in [0.2, 0.25) is 0 Å². The maximum Gasteiger partial charge on any atom is 0.438 e. The summed E-state index contributed by atoms with van der Waals surface area (Å²) in [4.78, 5) is 0. The van der Waals surface area contributed by atoms with Crippen LogP contribution in [0.3, 0.4) is 0 Å². The molecule has 1 atom stereocenters. The first-order valence-electron chi connectivity index (χ1n) is 7.48. The number of halogens is 18. The second kappa shape index (κ2) is 8.39. The van der Waals surface area contributed by atoms with E-state index >= 15 is 0 Å². The fourth-order valence-corrected chi connectivity index (χ4v) is 2.46. The summed E-state index contributed by atoms with van der Waals surface area (Å²) in [6.07, 6.45) is -19.7. The molecule has 0 aromatic rings. The zero-order valence-electron chi connectivity index (χ0n) is 14.5. The summed E-state index contributed by atoms with van der Waals surface area (Å²) in [6.45, 7) is 1.08. The Kier molecular flexibility index (Phi) is 8.27. The molecule has 0 fully saturated rings. The molecule has 0 aromatic heterocycles. The fourth-order valence-electron chi connectivity index (χ4n) is 2.02. The average Bonchev–Trinajstić information content (AvgIpc) is 2.55. The van der Waals surface area contributed by atoms with Crippen LogP contribution < -0.4 is 0 Å². The van der Waals surface area contributed by atoms with Crippen molar-refractivity contribution >= 4 is 22.6 Å². The number of hydrogen-bond acceptors (Lipinski definition) is 0. The highest BCUT2D eigenvalue weighted by Crippen LogP contribution is 2.65. The first-order chi connectivity index (χ1) is 13.2. The number of alkyl halides is 18. The quantitative estimate of drug-likeness (QED) is 0.141. The molecular weight excluding hydrogens is 606 g/mol. The Morgan fingerprint density at radius 2 is 0.871 bits per heavy atom. The molecule has 0 nitrogen and oxygen atoms in total. The summed E-state index contributed by atoms with van der Waals surface area (Å²) in [5.74, 6) is -40.4. The first kappa shape index (κ1) is 30.5. The largest absolute Gasteiger partial charge is 0.438 e. The fraction of sp³-hybridized carbons (Fsp3) is 1.00. The minimum absolute atomic E-state index is 0.0778. The topological polar surface area (TPSA) is 0 Å². The molecular formula is C13H10F17I. The van der Waals surface area contributed by atoms with Crippen LogP contribution in [-0.2, 0) is 0 Å². The Morgan fingerprint density at radius 1 is 0.548 bits per heavy atom. The summed E-state index contributed by atoms with van der Waals surface area (Å²) >= 11 is 1.49. The summed E-state index contributed by atoms with van der Waals surface area (Å²) in [5.41, 5.74) is -8.50. The highest BCUT2D eigenvalue weighted by Gasteiger charge is 2.97. The van der Waals surface area contributed by atoms with Crippen LogP contribution in [0, 0.1) is 5.92 Å². The zero-order valence-corrected chi connectivity index (χ0v) is 16.7. The van der Waals surface area contributed by atoms with E-state index in [1.54, 1.807) is 0 Å². The average molecular weight is 616 g/mol. The third-order valence-electron chi connectivity index (χ3n) is 4.07. The zero-order chi connectivity index (χ0) is 25.7. The third-order valence-corrected chi connectivity index (χ3v) is 5.57. The Balaban J connectivity index is 6.67. The molecule has 31 heavy (non-hydrogen) atoms. The molecule has 18 heteroatoms. The monoisotopic (exact) mass is 616 g/mol. The van der Waals surface area contributed by atoms with Crippen molar-refractivity contribution in [2.24, 2.45) is 5.92 Å². The molecule has 1 unspecified atom stereocenters. The van der Waals surface area contributed by atoms with E-state index in [-0.39, 0.29) is 4.43 Å². The molecule has 0 heterocycles. The van der Waals surface area contributed by atoms with Gasteiger partial charge in [-0.15, -0.1) is 0 Å². The molecule has 0 spiro atoms. The van der Waals surface area contributed by atoms with Crippen LogP contribution in [0.5, 0.6) is 0 Å². The summed E-state index contributed by atoms with van der Waals surface area (Å²) in [6, 6.07) is 0. The van der Waals surface area contributed by atoms with E-state index in [9.17, 15) is 74.6 Å². The van der Waals surface area contributed by atoms with E-state index in [0.29, 0.717) is 0 Å². The van der Waals surface area contributed by atoms with Crippen molar-refractivity contribution < 1.29 is 74.6 Å². The molecule has 0 aliphatic heterocycles. The maximum absolute atomic E-state index is 13.5. The third kappa shape index (κ3) is 4.50. The van der Waals surface area contributed by atoms with Gasteiger partial charge < -0.3 is 0 Å². The van der Waals surface area contributed by atoms with Crippen LogP contribution in [0.25, 0.3) is 0 Å². The minimum atomic E-state index is -8.70. The lowest BCUT2D eigenvalue weighted by Gasteiger charge is -2.44. The van der Waals surface area contributed by atoms with E-state index in [4.69, 9.17) is 0 Å². The van der Waals surface area contributed by atoms with Crippen molar-refractivity contribution in [2.45, 2.75) is 67.4 Å². The van der Waals surface area contributed by atoms with Crippen LogP contribution >= 0.6 is 22.6 Å². The lowest BCUT2D eigenvalue weighted by molar-refractivity contribution is -0.465. The van der Waals surface area contributed by atoms with Gasteiger partial charge in [0, 0.05) is 10.8 Å². The molecule has 0 saturated heterocycles. The van der Waals surface area contributed by atoms with Gasteiger partial charge in [0.1, 0.15) is 0 Å². The number of rotatable bonds is 9.